The van der Waals surface area contributed by atoms with Crippen LogP contribution in [0, 0.1) is 0 Å². The van der Waals surface area contributed by atoms with Gasteiger partial charge in [-0.25, -0.2) is 0 Å². The van der Waals surface area contributed by atoms with Gasteiger partial charge in [0.1, 0.15) is 0 Å². The highest BCUT2D eigenvalue weighted by Crippen LogP contribution is 2.22. The first kappa shape index (κ1) is 17.3. The summed E-state index contributed by atoms with van der Waals surface area (Å²) in [6, 6.07) is 7.95. The summed E-state index contributed by atoms with van der Waals surface area (Å²) in [7, 11) is 0. The zero-order chi connectivity index (χ0) is 14.5. The van der Waals surface area contributed by atoms with E-state index in [2.05, 4.69) is 10.6 Å². The number of benzene rings is 1. The highest BCUT2D eigenvalue weighted by atomic mass is 35.5. The minimum Gasteiger partial charge on any atom is -0.374 e. The standard InChI is InChI=1S/C17H24N2O2.ClH/c20-17(16-6-3-11-18-16)19-14-9-7-13(8-10-14)12-21-15-4-1-2-5-15;/h7-10,15-16,18H,1-6,11-12H2,(H,19,20);1H. The summed E-state index contributed by atoms with van der Waals surface area (Å²) < 4.78 is 5.89. The van der Waals surface area contributed by atoms with E-state index in [1.54, 1.807) is 0 Å². The number of amides is 1. The van der Waals surface area contributed by atoms with E-state index in [4.69, 9.17) is 4.74 Å². The molecular formula is C17H25ClN2O2. The van der Waals surface area contributed by atoms with Crippen molar-refractivity contribution in [2.24, 2.45) is 0 Å². The van der Waals surface area contributed by atoms with Crippen LogP contribution in [0.5, 0.6) is 0 Å². The Labute approximate surface area is 138 Å². The Kier molecular flexibility index (Phi) is 6.68. The minimum absolute atomic E-state index is 0. The van der Waals surface area contributed by atoms with E-state index in [0.29, 0.717) is 12.7 Å². The molecule has 1 heterocycles. The smallest absolute Gasteiger partial charge is 0.241 e. The lowest BCUT2D eigenvalue weighted by atomic mass is 10.2. The van der Waals surface area contributed by atoms with Crippen molar-refractivity contribution in [2.75, 3.05) is 11.9 Å². The van der Waals surface area contributed by atoms with Crippen LogP contribution in [-0.2, 0) is 16.1 Å². The Hall–Kier alpha value is -1.10. The molecule has 5 heteroatoms. The van der Waals surface area contributed by atoms with E-state index in [1.807, 2.05) is 24.3 Å². The van der Waals surface area contributed by atoms with Gasteiger partial charge in [0, 0.05) is 5.69 Å². The Morgan fingerprint density at radius 2 is 1.86 bits per heavy atom. The number of anilines is 1. The van der Waals surface area contributed by atoms with E-state index in [-0.39, 0.29) is 24.4 Å². The van der Waals surface area contributed by atoms with Gasteiger partial charge in [-0.1, -0.05) is 25.0 Å². The molecule has 0 aromatic heterocycles. The van der Waals surface area contributed by atoms with E-state index in [9.17, 15) is 4.79 Å². The Morgan fingerprint density at radius 1 is 1.14 bits per heavy atom. The van der Waals surface area contributed by atoms with Crippen LogP contribution in [0.15, 0.2) is 24.3 Å². The lowest BCUT2D eigenvalue weighted by Crippen LogP contribution is -2.35. The van der Waals surface area contributed by atoms with Crippen molar-refractivity contribution < 1.29 is 9.53 Å². The van der Waals surface area contributed by atoms with Crippen molar-refractivity contribution >= 4 is 24.0 Å². The van der Waals surface area contributed by atoms with Crippen LogP contribution in [0.2, 0.25) is 0 Å². The molecule has 2 aliphatic rings. The Bertz CT molecular complexity index is 466. The number of carbonyl (C=O) groups is 1. The lowest BCUT2D eigenvalue weighted by molar-refractivity contribution is -0.117. The van der Waals surface area contributed by atoms with Gasteiger partial charge in [0.15, 0.2) is 0 Å². The first-order chi connectivity index (χ1) is 10.3. The molecule has 3 rings (SSSR count). The fraction of sp³-hybridized carbons (Fsp3) is 0.588. The molecule has 1 aliphatic heterocycles. The predicted molar refractivity (Wildman–Crippen MR) is 90.4 cm³/mol. The summed E-state index contributed by atoms with van der Waals surface area (Å²) >= 11 is 0. The van der Waals surface area contributed by atoms with Crippen LogP contribution in [0.4, 0.5) is 5.69 Å². The van der Waals surface area contributed by atoms with Crippen molar-refractivity contribution in [1.29, 1.82) is 0 Å². The Balaban J connectivity index is 0.00000176. The molecule has 0 bridgehead atoms. The summed E-state index contributed by atoms with van der Waals surface area (Å²) in [4.78, 5) is 12.0. The van der Waals surface area contributed by atoms with Crippen molar-refractivity contribution in [3.05, 3.63) is 29.8 Å². The Morgan fingerprint density at radius 3 is 2.50 bits per heavy atom. The summed E-state index contributed by atoms with van der Waals surface area (Å²) in [5.41, 5.74) is 2.03. The second kappa shape index (κ2) is 8.51. The lowest BCUT2D eigenvalue weighted by Gasteiger charge is -2.13. The molecule has 4 nitrogen and oxygen atoms in total. The van der Waals surface area contributed by atoms with E-state index in [1.165, 1.54) is 31.2 Å². The molecule has 122 valence electrons. The van der Waals surface area contributed by atoms with E-state index in [0.717, 1.165) is 25.1 Å². The topological polar surface area (TPSA) is 50.4 Å². The first-order valence-electron chi connectivity index (χ1n) is 8.06. The normalized spacial score (nSPS) is 21.5. The first-order valence-corrected chi connectivity index (χ1v) is 8.06. The van der Waals surface area contributed by atoms with Crippen LogP contribution in [0.1, 0.15) is 44.1 Å². The van der Waals surface area contributed by atoms with Gasteiger partial charge in [-0.05, 0) is 49.9 Å². The molecule has 0 spiro atoms. The maximum Gasteiger partial charge on any atom is 0.241 e. The zero-order valence-electron chi connectivity index (χ0n) is 12.8. The maximum absolute atomic E-state index is 12.0. The summed E-state index contributed by atoms with van der Waals surface area (Å²) in [5, 5.41) is 6.17. The van der Waals surface area contributed by atoms with Crippen molar-refractivity contribution in [1.82, 2.24) is 5.32 Å². The van der Waals surface area contributed by atoms with Crippen LogP contribution in [-0.4, -0.2) is 24.6 Å². The molecule has 1 saturated carbocycles. The molecule has 1 unspecified atom stereocenters. The van der Waals surface area contributed by atoms with Crippen LogP contribution in [0.3, 0.4) is 0 Å². The number of nitrogens with one attached hydrogen (secondary N) is 2. The molecule has 22 heavy (non-hydrogen) atoms. The highest BCUT2D eigenvalue weighted by Gasteiger charge is 2.21. The molecule has 0 radical (unpaired) electrons. The fourth-order valence-electron chi connectivity index (χ4n) is 3.09. The quantitative estimate of drug-likeness (QED) is 0.874. The van der Waals surface area contributed by atoms with Gasteiger partial charge < -0.3 is 15.4 Å². The van der Waals surface area contributed by atoms with Gasteiger partial charge in [0.2, 0.25) is 5.91 Å². The number of hydrogen-bond acceptors (Lipinski definition) is 3. The van der Waals surface area contributed by atoms with E-state index >= 15 is 0 Å². The highest BCUT2D eigenvalue weighted by molar-refractivity contribution is 5.95. The van der Waals surface area contributed by atoms with Crippen molar-refractivity contribution in [2.45, 2.75) is 57.3 Å². The van der Waals surface area contributed by atoms with Crippen molar-refractivity contribution in [3.8, 4) is 0 Å². The predicted octanol–water partition coefficient (Wildman–Crippen LogP) is 3.26. The molecule has 2 fully saturated rings. The van der Waals surface area contributed by atoms with Crippen LogP contribution >= 0.6 is 12.4 Å². The monoisotopic (exact) mass is 324 g/mol. The zero-order valence-corrected chi connectivity index (χ0v) is 13.7. The fourth-order valence-corrected chi connectivity index (χ4v) is 3.09. The summed E-state index contributed by atoms with van der Waals surface area (Å²) in [6.45, 7) is 1.61. The molecule has 1 aromatic carbocycles. The molecule has 1 aliphatic carbocycles. The van der Waals surface area contributed by atoms with Crippen LogP contribution in [0.25, 0.3) is 0 Å². The number of carbonyl (C=O) groups excluding carboxylic acids is 1. The number of ether oxygens (including phenoxy) is 1. The third kappa shape index (κ3) is 4.70. The molecule has 1 atom stereocenters. The van der Waals surface area contributed by atoms with E-state index < -0.39 is 0 Å². The van der Waals surface area contributed by atoms with Gasteiger partial charge in [-0.3, -0.25) is 4.79 Å². The van der Waals surface area contributed by atoms with Gasteiger partial charge in [0.05, 0.1) is 18.8 Å². The molecule has 1 amide bonds. The van der Waals surface area contributed by atoms with Crippen LogP contribution < -0.4 is 10.6 Å². The van der Waals surface area contributed by atoms with Gasteiger partial charge in [-0.2, -0.15) is 0 Å². The number of hydrogen-bond donors (Lipinski definition) is 2. The van der Waals surface area contributed by atoms with Gasteiger partial charge in [-0.15, -0.1) is 12.4 Å². The number of halogens is 1. The average Bonchev–Trinajstić information content (AvgIpc) is 3.20. The maximum atomic E-state index is 12.0. The summed E-state index contributed by atoms with van der Waals surface area (Å²) in [6.07, 6.45) is 7.44. The molecule has 1 aromatic rings. The van der Waals surface area contributed by atoms with Gasteiger partial charge >= 0.3 is 0 Å². The largest absolute Gasteiger partial charge is 0.374 e. The second-order valence-corrected chi connectivity index (χ2v) is 6.05. The van der Waals surface area contributed by atoms with Crippen molar-refractivity contribution in [3.63, 3.8) is 0 Å². The molecule has 1 saturated heterocycles. The van der Waals surface area contributed by atoms with Gasteiger partial charge in [0.25, 0.3) is 0 Å². The second-order valence-electron chi connectivity index (χ2n) is 6.05. The molecular weight excluding hydrogens is 300 g/mol. The third-order valence-electron chi connectivity index (χ3n) is 4.39. The average molecular weight is 325 g/mol. The third-order valence-corrected chi connectivity index (χ3v) is 4.39. The number of rotatable bonds is 5. The SMILES string of the molecule is Cl.O=C(Nc1ccc(COC2CCCC2)cc1)C1CCCN1. The minimum atomic E-state index is -0.0321. The summed E-state index contributed by atoms with van der Waals surface area (Å²) in [5.74, 6) is 0.0717. The molecule has 2 N–H and O–H groups in total.